The minimum atomic E-state index is 0.0812. The van der Waals surface area contributed by atoms with E-state index in [1.165, 1.54) is 35.2 Å². The van der Waals surface area contributed by atoms with Crippen LogP contribution in [0.4, 0.5) is 11.5 Å². The Kier molecular flexibility index (Phi) is 5.25. The average molecular weight is 442 g/mol. The second kappa shape index (κ2) is 8.41. The summed E-state index contributed by atoms with van der Waals surface area (Å²) in [5.41, 5.74) is 13.7. The molecule has 1 aliphatic heterocycles. The van der Waals surface area contributed by atoms with Crippen LogP contribution < -0.4 is 16.0 Å². The Bertz CT molecular complexity index is 1220. The van der Waals surface area contributed by atoms with Gasteiger partial charge in [0.1, 0.15) is 5.82 Å². The lowest BCUT2D eigenvalue weighted by Gasteiger charge is -2.36. The number of anilines is 2. The van der Waals surface area contributed by atoms with E-state index in [1.807, 2.05) is 12.1 Å². The molecule has 1 saturated heterocycles. The number of carbonyl (C=O) groups is 1. The van der Waals surface area contributed by atoms with Gasteiger partial charge in [-0.3, -0.25) is 9.78 Å². The molecule has 3 aliphatic rings. The third-order valence-corrected chi connectivity index (χ3v) is 7.30. The molecule has 0 radical (unpaired) electrons. The van der Waals surface area contributed by atoms with Crippen LogP contribution in [-0.4, -0.2) is 35.0 Å². The second-order valence-electron chi connectivity index (χ2n) is 9.87. The Morgan fingerprint density at radius 3 is 2.73 bits per heavy atom. The Morgan fingerprint density at radius 1 is 1.03 bits per heavy atom. The molecule has 3 N–H and O–H groups in total. The van der Waals surface area contributed by atoms with Gasteiger partial charge in [-0.1, -0.05) is 6.07 Å². The number of aryl methyl sites for hydroxylation is 1. The van der Waals surface area contributed by atoms with Gasteiger partial charge in [-0.25, -0.2) is 4.98 Å². The molecule has 1 atom stereocenters. The summed E-state index contributed by atoms with van der Waals surface area (Å²) >= 11 is 0. The standard InChI is InChI=1S/C27H31N5O/c28-20-4-3-13-32(16-20)26-21-5-1-2-6-23(21)30-24-10-9-18(14-22(24)26)19-11-12-29-25(15-19)31-27(33)17-7-8-17/h9-12,14-15,17,20H,1-8,13,16,28H2,(H,29,31,33)/t20-/m0/s1. The highest BCUT2D eigenvalue weighted by Crippen LogP contribution is 2.39. The summed E-state index contributed by atoms with van der Waals surface area (Å²) in [5, 5.41) is 4.19. The number of nitrogens with one attached hydrogen (secondary N) is 1. The van der Waals surface area contributed by atoms with Crippen molar-refractivity contribution in [3.8, 4) is 11.1 Å². The topological polar surface area (TPSA) is 84.1 Å². The minimum Gasteiger partial charge on any atom is -0.369 e. The number of nitrogens with zero attached hydrogens (tertiary/aromatic N) is 3. The van der Waals surface area contributed by atoms with Crippen LogP contribution >= 0.6 is 0 Å². The minimum absolute atomic E-state index is 0.0812. The van der Waals surface area contributed by atoms with E-state index >= 15 is 0 Å². The van der Waals surface area contributed by atoms with E-state index in [9.17, 15) is 4.79 Å². The molecule has 6 heteroatoms. The third kappa shape index (κ3) is 4.08. The number of rotatable bonds is 4. The average Bonchev–Trinajstić information content (AvgIpc) is 3.68. The Balaban J connectivity index is 1.43. The van der Waals surface area contributed by atoms with Crippen LogP contribution in [0.25, 0.3) is 22.0 Å². The van der Waals surface area contributed by atoms with E-state index in [2.05, 4.69) is 33.4 Å². The number of aromatic nitrogens is 2. The van der Waals surface area contributed by atoms with Crippen molar-refractivity contribution in [3.05, 3.63) is 47.8 Å². The van der Waals surface area contributed by atoms with E-state index in [1.54, 1.807) is 6.20 Å². The maximum Gasteiger partial charge on any atom is 0.228 e. The number of hydrogen-bond acceptors (Lipinski definition) is 5. The van der Waals surface area contributed by atoms with Gasteiger partial charge >= 0.3 is 0 Å². The Morgan fingerprint density at radius 2 is 1.88 bits per heavy atom. The van der Waals surface area contributed by atoms with Crippen LogP contribution in [-0.2, 0) is 17.6 Å². The summed E-state index contributed by atoms with van der Waals surface area (Å²) in [7, 11) is 0. The van der Waals surface area contributed by atoms with Gasteiger partial charge in [0.2, 0.25) is 5.91 Å². The summed E-state index contributed by atoms with van der Waals surface area (Å²) in [6.45, 7) is 1.96. The Labute approximate surface area is 194 Å². The van der Waals surface area contributed by atoms with Crippen LogP contribution in [0.2, 0.25) is 0 Å². The lowest BCUT2D eigenvalue weighted by atomic mass is 9.90. The lowest BCUT2D eigenvalue weighted by molar-refractivity contribution is -0.117. The number of carbonyl (C=O) groups excluding carboxylic acids is 1. The molecule has 6 nitrogen and oxygen atoms in total. The summed E-state index contributed by atoms with van der Waals surface area (Å²) in [6.07, 6.45) is 10.6. The van der Waals surface area contributed by atoms with Gasteiger partial charge in [0.05, 0.1) is 11.2 Å². The number of pyridine rings is 2. The maximum atomic E-state index is 12.2. The second-order valence-corrected chi connectivity index (χ2v) is 9.87. The van der Waals surface area contributed by atoms with Gasteiger partial charge in [0.15, 0.2) is 0 Å². The quantitative estimate of drug-likeness (QED) is 0.625. The maximum absolute atomic E-state index is 12.2. The first kappa shape index (κ1) is 20.6. The molecule has 1 aromatic carbocycles. The van der Waals surface area contributed by atoms with Crippen molar-refractivity contribution >= 4 is 28.3 Å². The fraction of sp³-hybridized carbons (Fsp3) is 0.444. The van der Waals surface area contributed by atoms with E-state index in [0.29, 0.717) is 5.82 Å². The molecule has 1 saturated carbocycles. The van der Waals surface area contributed by atoms with Crippen molar-refractivity contribution in [2.45, 2.75) is 57.4 Å². The largest absolute Gasteiger partial charge is 0.369 e. The molecular weight excluding hydrogens is 410 g/mol. The van der Waals surface area contributed by atoms with Crippen LogP contribution in [0.15, 0.2) is 36.5 Å². The van der Waals surface area contributed by atoms with E-state index in [4.69, 9.17) is 10.7 Å². The highest BCUT2D eigenvalue weighted by atomic mass is 16.2. The predicted molar refractivity (Wildman–Crippen MR) is 132 cm³/mol. The summed E-state index contributed by atoms with van der Waals surface area (Å²) in [4.78, 5) is 24.2. The van der Waals surface area contributed by atoms with Gasteiger partial charge in [-0.15, -0.1) is 0 Å². The van der Waals surface area contributed by atoms with Gasteiger partial charge in [-0.2, -0.15) is 0 Å². The molecule has 33 heavy (non-hydrogen) atoms. The summed E-state index contributed by atoms with van der Waals surface area (Å²) in [6, 6.07) is 10.8. The van der Waals surface area contributed by atoms with Crippen LogP contribution in [0.5, 0.6) is 0 Å². The van der Waals surface area contributed by atoms with E-state index in [0.717, 1.165) is 68.3 Å². The van der Waals surface area contributed by atoms with Crippen molar-refractivity contribution in [3.63, 3.8) is 0 Å². The Hall–Kier alpha value is -2.99. The first-order valence-electron chi connectivity index (χ1n) is 12.4. The van der Waals surface area contributed by atoms with Crippen molar-refractivity contribution < 1.29 is 4.79 Å². The number of hydrogen-bond donors (Lipinski definition) is 2. The zero-order valence-corrected chi connectivity index (χ0v) is 19.0. The SMILES string of the molecule is N[C@H]1CCCN(c2c3c(nc4ccc(-c5ccnc(NC(=O)C6CC6)c5)cc24)CCCC3)C1. The zero-order chi connectivity index (χ0) is 22.4. The number of piperidine rings is 1. The van der Waals surface area contributed by atoms with Crippen molar-refractivity contribution in [1.29, 1.82) is 0 Å². The monoisotopic (exact) mass is 441 g/mol. The van der Waals surface area contributed by atoms with Gasteiger partial charge < -0.3 is 16.0 Å². The first-order valence-corrected chi connectivity index (χ1v) is 12.4. The molecule has 2 fully saturated rings. The zero-order valence-electron chi connectivity index (χ0n) is 19.0. The molecule has 1 amide bonds. The number of benzene rings is 1. The van der Waals surface area contributed by atoms with Gasteiger partial charge in [0, 0.05) is 42.3 Å². The van der Waals surface area contributed by atoms with Crippen LogP contribution in [0.3, 0.4) is 0 Å². The molecule has 0 bridgehead atoms. The molecule has 170 valence electrons. The molecule has 2 aliphatic carbocycles. The van der Waals surface area contributed by atoms with Crippen LogP contribution in [0.1, 0.15) is 49.8 Å². The smallest absolute Gasteiger partial charge is 0.228 e. The highest BCUT2D eigenvalue weighted by Gasteiger charge is 2.30. The molecule has 3 heterocycles. The molecule has 2 aromatic heterocycles. The highest BCUT2D eigenvalue weighted by molar-refractivity contribution is 5.97. The molecular formula is C27H31N5O. The van der Waals surface area contributed by atoms with Gasteiger partial charge in [-0.05, 0) is 92.3 Å². The number of amides is 1. The molecule has 0 spiro atoms. The summed E-state index contributed by atoms with van der Waals surface area (Å²) in [5.74, 6) is 0.861. The predicted octanol–water partition coefficient (Wildman–Crippen LogP) is 4.45. The van der Waals surface area contributed by atoms with Crippen molar-refractivity contribution in [2.75, 3.05) is 23.3 Å². The molecule has 6 rings (SSSR count). The lowest BCUT2D eigenvalue weighted by Crippen LogP contribution is -2.43. The van der Waals surface area contributed by atoms with Crippen molar-refractivity contribution in [1.82, 2.24) is 9.97 Å². The molecule has 0 unspecified atom stereocenters. The number of fused-ring (bicyclic) bond motifs is 2. The van der Waals surface area contributed by atoms with Crippen molar-refractivity contribution in [2.24, 2.45) is 11.7 Å². The normalized spacial score (nSPS) is 20.5. The summed E-state index contributed by atoms with van der Waals surface area (Å²) < 4.78 is 0. The van der Waals surface area contributed by atoms with Gasteiger partial charge in [0.25, 0.3) is 0 Å². The van der Waals surface area contributed by atoms with E-state index < -0.39 is 0 Å². The fourth-order valence-corrected chi connectivity index (χ4v) is 5.41. The van der Waals surface area contributed by atoms with E-state index in [-0.39, 0.29) is 17.9 Å². The third-order valence-electron chi connectivity index (χ3n) is 7.30. The van der Waals surface area contributed by atoms with Crippen LogP contribution in [0, 0.1) is 5.92 Å². The molecule has 3 aromatic rings. The first-order chi connectivity index (χ1) is 16.2. The number of nitrogens with two attached hydrogens (primary N) is 1. The fourth-order valence-electron chi connectivity index (χ4n) is 5.41.